The van der Waals surface area contributed by atoms with Gasteiger partial charge in [0.25, 0.3) is 5.56 Å². The van der Waals surface area contributed by atoms with Gasteiger partial charge in [-0.15, -0.1) is 11.3 Å². The first-order chi connectivity index (χ1) is 18.0. The number of anilines is 1. The van der Waals surface area contributed by atoms with E-state index in [1.54, 1.807) is 24.3 Å². The molecule has 3 aromatic carbocycles. The van der Waals surface area contributed by atoms with Crippen LogP contribution in [0.3, 0.4) is 0 Å². The number of thiophene rings is 1. The van der Waals surface area contributed by atoms with Gasteiger partial charge in [0.05, 0.1) is 23.9 Å². The van der Waals surface area contributed by atoms with E-state index in [0.29, 0.717) is 28.1 Å². The van der Waals surface area contributed by atoms with E-state index in [1.165, 1.54) is 22.2 Å². The molecular formula is C29H25N3O4S. The lowest BCUT2D eigenvalue weighted by atomic mass is 10.0. The zero-order valence-electron chi connectivity index (χ0n) is 20.3. The highest BCUT2D eigenvalue weighted by Crippen LogP contribution is 2.32. The number of rotatable bonds is 8. The average Bonchev–Trinajstić information content (AvgIpc) is 3.35. The van der Waals surface area contributed by atoms with Crippen LogP contribution in [0, 0.1) is 0 Å². The van der Waals surface area contributed by atoms with Crippen molar-refractivity contribution in [2.75, 3.05) is 11.9 Å². The van der Waals surface area contributed by atoms with E-state index >= 15 is 0 Å². The van der Waals surface area contributed by atoms with Gasteiger partial charge in [-0.05, 0) is 53.1 Å². The monoisotopic (exact) mass is 511 g/mol. The van der Waals surface area contributed by atoms with Crippen LogP contribution >= 0.6 is 11.3 Å². The Morgan fingerprint density at radius 3 is 2.59 bits per heavy atom. The van der Waals surface area contributed by atoms with Crippen molar-refractivity contribution < 1.29 is 14.3 Å². The molecule has 5 rings (SSSR count). The fourth-order valence-electron chi connectivity index (χ4n) is 4.09. The number of nitrogens with one attached hydrogen (secondary N) is 1. The number of carbonyl (C=O) groups is 2. The normalized spacial score (nSPS) is 11.1. The predicted molar refractivity (Wildman–Crippen MR) is 147 cm³/mol. The van der Waals surface area contributed by atoms with Gasteiger partial charge in [0.15, 0.2) is 0 Å². The molecular weight excluding hydrogens is 486 g/mol. The van der Waals surface area contributed by atoms with E-state index in [0.717, 1.165) is 34.7 Å². The molecule has 0 unspecified atom stereocenters. The molecule has 0 fully saturated rings. The van der Waals surface area contributed by atoms with E-state index in [9.17, 15) is 14.4 Å². The second kappa shape index (κ2) is 10.8. The van der Waals surface area contributed by atoms with Crippen molar-refractivity contribution in [3.05, 3.63) is 94.4 Å². The SMILES string of the molecule is CCCCOC(=O)c1ccc(NC(=O)Cn2cnc3scc(-c4ccc5ccccc5c4)c3c2=O)cc1. The second-order valence-corrected chi connectivity index (χ2v) is 9.54. The van der Waals surface area contributed by atoms with Crippen LogP contribution in [0.4, 0.5) is 5.69 Å². The number of fused-ring (bicyclic) bond motifs is 2. The zero-order valence-corrected chi connectivity index (χ0v) is 21.1. The maximum atomic E-state index is 13.4. The van der Waals surface area contributed by atoms with Gasteiger partial charge in [0, 0.05) is 16.6 Å². The Morgan fingerprint density at radius 2 is 1.81 bits per heavy atom. The molecule has 5 aromatic rings. The summed E-state index contributed by atoms with van der Waals surface area (Å²) in [6, 6.07) is 20.6. The first kappa shape index (κ1) is 24.4. The number of amides is 1. The topological polar surface area (TPSA) is 90.3 Å². The van der Waals surface area contributed by atoms with Crippen molar-refractivity contribution in [1.29, 1.82) is 0 Å². The Morgan fingerprint density at radius 1 is 1.03 bits per heavy atom. The van der Waals surface area contributed by atoms with Gasteiger partial charge >= 0.3 is 5.97 Å². The summed E-state index contributed by atoms with van der Waals surface area (Å²) in [5, 5.41) is 7.41. The quantitative estimate of drug-likeness (QED) is 0.208. The summed E-state index contributed by atoms with van der Waals surface area (Å²) in [6.07, 6.45) is 3.16. The zero-order chi connectivity index (χ0) is 25.8. The third kappa shape index (κ3) is 5.29. The Balaban J connectivity index is 1.33. The van der Waals surface area contributed by atoms with Crippen LogP contribution in [-0.2, 0) is 16.1 Å². The van der Waals surface area contributed by atoms with Crippen LogP contribution < -0.4 is 10.9 Å². The van der Waals surface area contributed by atoms with E-state index in [1.807, 2.05) is 48.7 Å². The number of nitrogens with zero attached hydrogens (tertiary/aromatic N) is 2. The van der Waals surface area contributed by atoms with Crippen LogP contribution in [0.1, 0.15) is 30.1 Å². The van der Waals surface area contributed by atoms with Gasteiger partial charge in [0.2, 0.25) is 5.91 Å². The molecule has 2 aromatic heterocycles. The van der Waals surface area contributed by atoms with Gasteiger partial charge in [-0.25, -0.2) is 9.78 Å². The van der Waals surface area contributed by atoms with E-state index in [4.69, 9.17) is 4.74 Å². The Hall–Kier alpha value is -4.30. The molecule has 7 nitrogen and oxygen atoms in total. The van der Waals surface area contributed by atoms with Gasteiger partial charge in [-0.1, -0.05) is 49.7 Å². The number of ether oxygens (including phenoxy) is 1. The molecule has 0 bridgehead atoms. The maximum Gasteiger partial charge on any atom is 0.338 e. The highest BCUT2D eigenvalue weighted by molar-refractivity contribution is 7.17. The predicted octanol–water partition coefficient (Wildman–Crippen LogP) is 5.87. The molecule has 0 aliphatic carbocycles. The number of benzene rings is 3. The summed E-state index contributed by atoms with van der Waals surface area (Å²) in [6.45, 7) is 2.22. The average molecular weight is 512 g/mol. The smallest absolute Gasteiger partial charge is 0.338 e. The molecule has 0 atom stereocenters. The first-order valence-corrected chi connectivity index (χ1v) is 12.9. The summed E-state index contributed by atoms with van der Waals surface area (Å²) in [7, 11) is 0. The molecule has 0 saturated heterocycles. The highest BCUT2D eigenvalue weighted by Gasteiger charge is 2.15. The first-order valence-electron chi connectivity index (χ1n) is 12.1. The number of unbranched alkanes of at least 4 members (excludes halogenated alkanes) is 1. The molecule has 0 aliphatic rings. The highest BCUT2D eigenvalue weighted by atomic mass is 32.1. The van der Waals surface area contributed by atoms with Crippen molar-refractivity contribution >= 4 is 49.9 Å². The molecule has 0 saturated carbocycles. The van der Waals surface area contributed by atoms with Crippen LogP contribution in [0.5, 0.6) is 0 Å². The third-order valence-corrected chi connectivity index (χ3v) is 6.96. The van der Waals surface area contributed by atoms with Crippen molar-refractivity contribution in [1.82, 2.24) is 9.55 Å². The van der Waals surface area contributed by atoms with Crippen LogP contribution in [0.25, 0.3) is 32.1 Å². The maximum absolute atomic E-state index is 13.4. The molecule has 1 amide bonds. The van der Waals surface area contributed by atoms with E-state index in [-0.39, 0.29) is 18.0 Å². The molecule has 8 heteroatoms. The third-order valence-electron chi connectivity index (χ3n) is 6.07. The molecule has 0 radical (unpaired) electrons. The van der Waals surface area contributed by atoms with Crippen LogP contribution in [-0.4, -0.2) is 28.0 Å². The van der Waals surface area contributed by atoms with Crippen molar-refractivity contribution in [2.45, 2.75) is 26.3 Å². The van der Waals surface area contributed by atoms with Gasteiger partial charge in [0.1, 0.15) is 11.4 Å². The lowest BCUT2D eigenvalue weighted by Crippen LogP contribution is -2.27. The summed E-state index contributed by atoms with van der Waals surface area (Å²) >= 11 is 1.41. The number of esters is 1. The standard InChI is InChI=1S/C29H25N3O4S/c1-2-3-14-36-29(35)20-10-12-23(13-11-20)31-25(33)16-32-18-30-27-26(28(32)34)24(17-37-27)22-9-8-19-6-4-5-7-21(19)15-22/h4-13,15,17-18H,2-3,14,16H2,1H3,(H,31,33). The Labute approximate surface area is 217 Å². The number of aromatic nitrogens is 2. The molecule has 0 spiro atoms. The largest absolute Gasteiger partial charge is 0.462 e. The Kier molecular flexibility index (Phi) is 7.09. The van der Waals surface area contributed by atoms with Crippen molar-refractivity contribution in [3.63, 3.8) is 0 Å². The lowest BCUT2D eigenvalue weighted by Gasteiger charge is -2.09. The minimum Gasteiger partial charge on any atom is -0.462 e. The van der Waals surface area contributed by atoms with Crippen molar-refractivity contribution in [2.24, 2.45) is 0 Å². The molecule has 186 valence electrons. The molecule has 2 heterocycles. The lowest BCUT2D eigenvalue weighted by molar-refractivity contribution is -0.116. The number of hydrogen-bond donors (Lipinski definition) is 1. The minimum absolute atomic E-state index is 0.185. The summed E-state index contributed by atoms with van der Waals surface area (Å²) in [5.41, 5.74) is 2.40. The summed E-state index contributed by atoms with van der Waals surface area (Å²) < 4.78 is 6.52. The second-order valence-electron chi connectivity index (χ2n) is 8.68. The van der Waals surface area contributed by atoms with Crippen LogP contribution in [0.15, 0.2) is 83.2 Å². The fourth-order valence-corrected chi connectivity index (χ4v) is 4.99. The summed E-state index contributed by atoms with van der Waals surface area (Å²) in [5.74, 6) is -0.765. The molecule has 37 heavy (non-hydrogen) atoms. The van der Waals surface area contributed by atoms with Crippen molar-refractivity contribution in [3.8, 4) is 11.1 Å². The fraction of sp³-hybridized carbons (Fsp3) is 0.172. The molecule has 1 N–H and O–H groups in total. The number of hydrogen-bond acceptors (Lipinski definition) is 6. The Bertz CT molecular complexity index is 1650. The van der Waals surface area contributed by atoms with Gasteiger partial charge in [-0.2, -0.15) is 0 Å². The van der Waals surface area contributed by atoms with E-state index in [2.05, 4.69) is 16.4 Å². The van der Waals surface area contributed by atoms with Gasteiger partial charge < -0.3 is 10.1 Å². The summed E-state index contributed by atoms with van der Waals surface area (Å²) in [4.78, 5) is 43.2. The molecule has 0 aliphatic heterocycles. The van der Waals surface area contributed by atoms with Crippen LogP contribution in [0.2, 0.25) is 0 Å². The van der Waals surface area contributed by atoms with Gasteiger partial charge in [-0.3, -0.25) is 14.2 Å². The van der Waals surface area contributed by atoms with E-state index < -0.39 is 5.97 Å². The minimum atomic E-state index is -0.393. The number of carbonyl (C=O) groups excluding carboxylic acids is 2.